The molecule has 0 bridgehead atoms. The number of hydrogen-bond donors (Lipinski definition) is 1. The fourth-order valence-electron chi connectivity index (χ4n) is 2.53. The Morgan fingerprint density at radius 2 is 2.00 bits per heavy atom. The third-order valence-electron chi connectivity index (χ3n) is 3.81. The molecule has 3 heteroatoms. The predicted octanol–water partition coefficient (Wildman–Crippen LogP) is 3.57. The van der Waals surface area contributed by atoms with Gasteiger partial charge in [-0.05, 0) is 55.5 Å². The Bertz CT molecular complexity index is 534. The van der Waals surface area contributed by atoms with E-state index in [1.807, 2.05) is 24.3 Å². The minimum atomic E-state index is -0.108. The van der Waals surface area contributed by atoms with Crippen LogP contribution in [0.3, 0.4) is 0 Å². The Morgan fingerprint density at radius 1 is 1.15 bits per heavy atom. The van der Waals surface area contributed by atoms with Gasteiger partial charge in [0.15, 0.2) is 0 Å². The zero-order valence-electron chi connectivity index (χ0n) is 11.5. The molecule has 1 saturated carbocycles. The van der Waals surface area contributed by atoms with Crippen LogP contribution < -0.4 is 5.32 Å². The molecule has 1 heterocycles. The Hall–Kier alpha value is -1.61. The lowest BCUT2D eigenvalue weighted by Gasteiger charge is -2.17. The Balaban J connectivity index is 1.65. The number of halogens is 1. The number of rotatable bonds is 7. The van der Waals surface area contributed by atoms with E-state index in [2.05, 4.69) is 5.32 Å². The Kier molecular flexibility index (Phi) is 4.16. The van der Waals surface area contributed by atoms with Gasteiger partial charge >= 0.3 is 0 Å². The van der Waals surface area contributed by atoms with E-state index in [4.69, 9.17) is 4.42 Å². The molecule has 1 aromatic heterocycles. The minimum absolute atomic E-state index is 0.108. The lowest BCUT2D eigenvalue weighted by atomic mass is 9.94. The quantitative estimate of drug-likeness (QED) is 0.834. The van der Waals surface area contributed by atoms with Crippen LogP contribution in [0.2, 0.25) is 0 Å². The molecular formula is C17H20FNO. The summed E-state index contributed by atoms with van der Waals surface area (Å²) in [4.78, 5) is 0. The molecule has 3 rings (SSSR count). The van der Waals surface area contributed by atoms with Crippen LogP contribution in [-0.2, 0) is 12.8 Å². The summed E-state index contributed by atoms with van der Waals surface area (Å²) in [7, 11) is 0. The summed E-state index contributed by atoms with van der Waals surface area (Å²) in [5.41, 5.74) is 0.793. The Morgan fingerprint density at radius 3 is 2.70 bits per heavy atom. The monoisotopic (exact) mass is 273 g/mol. The molecule has 0 radical (unpaired) electrons. The average Bonchev–Trinajstić information content (AvgIpc) is 3.15. The summed E-state index contributed by atoms with van der Waals surface area (Å²) >= 11 is 0. The zero-order valence-corrected chi connectivity index (χ0v) is 11.5. The number of nitrogens with one attached hydrogen (secondary N) is 1. The van der Waals surface area contributed by atoms with Crippen molar-refractivity contribution >= 4 is 0 Å². The van der Waals surface area contributed by atoms with Crippen LogP contribution in [0, 0.1) is 11.7 Å². The highest BCUT2D eigenvalue weighted by Crippen LogP contribution is 2.21. The molecule has 0 amide bonds. The van der Waals surface area contributed by atoms with Crippen molar-refractivity contribution in [3.8, 4) is 0 Å². The summed E-state index contributed by atoms with van der Waals surface area (Å²) in [5.74, 6) is 1.23. The summed E-state index contributed by atoms with van der Waals surface area (Å²) < 4.78 is 19.2. The first-order valence-electron chi connectivity index (χ1n) is 7.30. The van der Waals surface area contributed by atoms with Gasteiger partial charge in [0, 0.05) is 12.5 Å². The van der Waals surface area contributed by atoms with Crippen LogP contribution in [0.15, 0.2) is 47.1 Å². The van der Waals surface area contributed by atoms with Crippen molar-refractivity contribution < 1.29 is 8.81 Å². The first-order chi connectivity index (χ1) is 9.81. The first kappa shape index (κ1) is 13.4. The molecule has 20 heavy (non-hydrogen) atoms. The van der Waals surface area contributed by atoms with Crippen LogP contribution in [0.1, 0.15) is 24.2 Å². The molecule has 106 valence electrons. The van der Waals surface area contributed by atoms with Gasteiger partial charge in [-0.25, -0.2) is 4.39 Å². The van der Waals surface area contributed by atoms with Crippen LogP contribution in [-0.4, -0.2) is 12.6 Å². The van der Waals surface area contributed by atoms with E-state index in [0.29, 0.717) is 12.0 Å². The molecule has 1 fully saturated rings. The van der Waals surface area contributed by atoms with Gasteiger partial charge in [-0.2, -0.15) is 0 Å². The second-order valence-electron chi connectivity index (χ2n) is 5.63. The second kappa shape index (κ2) is 6.23. The minimum Gasteiger partial charge on any atom is -0.469 e. The van der Waals surface area contributed by atoms with Crippen LogP contribution >= 0.6 is 0 Å². The van der Waals surface area contributed by atoms with Crippen LogP contribution in [0.5, 0.6) is 0 Å². The molecule has 2 nitrogen and oxygen atoms in total. The molecule has 1 aliphatic rings. The smallest absolute Gasteiger partial charge is 0.126 e. The van der Waals surface area contributed by atoms with Gasteiger partial charge < -0.3 is 9.73 Å². The summed E-state index contributed by atoms with van der Waals surface area (Å²) in [6.07, 6.45) is 5.83. The predicted molar refractivity (Wildman–Crippen MR) is 77.0 cm³/mol. The van der Waals surface area contributed by atoms with E-state index in [9.17, 15) is 4.39 Å². The molecule has 0 saturated heterocycles. The maximum absolute atomic E-state index is 13.8. The Labute approximate surface area is 119 Å². The molecule has 1 aromatic carbocycles. The van der Waals surface area contributed by atoms with Crippen molar-refractivity contribution in [1.82, 2.24) is 5.32 Å². The van der Waals surface area contributed by atoms with Gasteiger partial charge in [0.05, 0.1) is 6.26 Å². The molecule has 1 atom stereocenters. The van der Waals surface area contributed by atoms with E-state index >= 15 is 0 Å². The van der Waals surface area contributed by atoms with Gasteiger partial charge in [0.1, 0.15) is 11.6 Å². The molecule has 1 N–H and O–H groups in total. The zero-order chi connectivity index (χ0) is 13.8. The molecule has 1 unspecified atom stereocenters. The molecule has 1 aliphatic carbocycles. The van der Waals surface area contributed by atoms with Crippen molar-refractivity contribution in [3.63, 3.8) is 0 Å². The third-order valence-corrected chi connectivity index (χ3v) is 3.81. The highest BCUT2D eigenvalue weighted by atomic mass is 19.1. The third kappa shape index (κ3) is 3.70. The summed E-state index contributed by atoms with van der Waals surface area (Å²) in [6.45, 7) is 0.916. The number of benzene rings is 1. The van der Waals surface area contributed by atoms with Crippen molar-refractivity contribution in [2.24, 2.45) is 5.92 Å². The first-order valence-corrected chi connectivity index (χ1v) is 7.30. The fourth-order valence-corrected chi connectivity index (χ4v) is 2.53. The van der Waals surface area contributed by atoms with Gasteiger partial charge in [0.2, 0.25) is 0 Å². The van der Waals surface area contributed by atoms with E-state index in [1.54, 1.807) is 12.3 Å². The molecule has 0 spiro atoms. The maximum Gasteiger partial charge on any atom is 0.126 e. The number of furan rings is 1. The highest BCUT2D eigenvalue weighted by molar-refractivity contribution is 5.18. The highest BCUT2D eigenvalue weighted by Gasteiger charge is 2.23. The topological polar surface area (TPSA) is 25.2 Å². The van der Waals surface area contributed by atoms with Crippen molar-refractivity contribution in [1.29, 1.82) is 0 Å². The van der Waals surface area contributed by atoms with E-state index in [-0.39, 0.29) is 5.82 Å². The SMILES string of the molecule is Fc1ccccc1CC(CNC1CC1)Cc1ccco1. The lowest BCUT2D eigenvalue weighted by molar-refractivity contribution is 0.409. The average molecular weight is 273 g/mol. The van der Waals surface area contributed by atoms with E-state index in [0.717, 1.165) is 30.7 Å². The van der Waals surface area contributed by atoms with Gasteiger partial charge in [0.25, 0.3) is 0 Å². The van der Waals surface area contributed by atoms with Gasteiger partial charge in [-0.15, -0.1) is 0 Å². The van der Waals surface area contributed by atoms with Gasteiger partial charge in [-0.3, -0.25) is 0 Å². The standard InChI is InChI=1S/C17H20FNO/c18-17-6-2-1-4-14(17)10-13(12-19-15-7-8-15)11-16-5-3-9-20-16/h1-6,9,13,15,19H,7-8,10-12H2. The molecule has 0 aliphatic heterocycles. The normalized spacial score (nSPS) is 16.2. The van der Waals surface area contributed by atoms with Crippen molar-refractivity contribution in [2.75, 3.05) is 6.54 Å². The molecule has 2 aromatic rings. The summed E-state index contributed by atoms with van der Waals surface area (Å²) in [5, 5.41) is 3.54. The van der Waals surface area contributed by atoms with Crippen molar-refractivity contribution in [3.05, 3.63) is 59.8 Å². The van der Waals surface area contributed by atoms with Crippen molar-refractivity contribution in [2.45, 2.75) is 31.7 Å². The fraction of sp³-hybridized carbons (Fsp3) is 0.412. The van der Waals surface area contributed by atoms with Gasteiger partial charge in [-0.1, -0.05) is 18.2 Å². The van der Waals surface area contributed by atoms with Crippen LogP contribution in [0.4, 0.5) is 4.39 Å². The second-order valence-corrected chi connectivity index (χ2v) is 5.63. The molecular weight excluding hydrogens is 253 g/mol. The largest absolute Gasteiger partial charge is 0.469 e. The number of hydrogen-bond acceptors (Lipinski definition) is 2. The lowest BCUT2D eigenvalue weighted by Crippen LogP contribution is -2.27. The summed E-state index contributed by atoms with van der Waals surface area (Å²) in [6, 6.07) is 11.6. The van der Waals surface area contributed by atoms with E-state index < -0.39 is 0 Å². The van der Waals surface area contributed by atoms with Crippen LogP contribution in [0.25, 0.3) is 0 Å². The maximum atomic E-state index is 13.8. The van der Waals surface area contributed by atoms with E-state index in [1.165, 1.54) is 18.9 Å².